The smallest absolute Gasteiger partial charge is 0.264 e. The zero-order valence-corrected chi connectivity index (χ0v) is 17.8. The van der Waals surface area contributed by atoms with Gasteiger partial charge in [0.2, 0.25) is 11.1 Å². The van der Waals surface area contributed by atoms with Gasteiger partial charge < -0.3 is 15.9 Å². The minimum absolute atomic E-state index is 0.126. The summed E-state index contributed by atoms with van der Waals surface area (Å²) >= 11 is 4.55. The molecule has 9 nitrogen and oxygen atoms in total. The summed E-state index contributed by atoms with van der Waals surface area (Å²) in [6.45, 7) is 0. The van der Waals surface area contributed by atoms with Crippen LogP contribution in [0.15, 0.2) is 63.3 Å². The number of hydrogen-bond acceptors (Lipinski definition) is 8. The summed E-state index contributed by atoms with van der Waals surface area (Å²) in [7, 11) is 1.59. The van der Waals surface area contributed by atoms with Crippen LogP contribution in [0.1, 0.15) is 5.56 Å². The number of amides is 1. The predicted octanol–water partition coefficient (Wildman–Crippen LogP) is 2.94. The summed E-state index contributed by atoms with van der Waals surface area (Å²) in [6, 6.07) is 14.8. The van der Waals surface area contributed by atoms with Gasteiger partial charge in [0.1, 0.15) is 5.75 Å². The van der Waals surface area contributed by atoms with Gasteiger partial charge in [-0.1, -0.05) is 36.0 Å². The van der Waals surface area contributed by atoms with E-state index in [-0.39, 0.29) is 17.6 Å². The molecule has 0 aliphatic heterocycles. The molecule has 0 fully saturated rings. The number of carbonyl (C=O) groups is 1. The summed E-state index contributed by atoms with van der Waals surface area (Å²) in [5.41, 5.74) is 4.22. The normalized spacial score (nSPS) is 10.8. The molecule has 1 heterocycles. The number of halogens is 1. The molecule has 0 saturated heterocycles. The van der Waals surface area contributed by atoms with E-state index in [9.17, 15) is 4.79 Å². The van der Waals surface area contributed by atoms with E-state index in [2.05, 4.69) is 42.0 Å². The maximum absolute atomic E-state index is 12.1. The number of ether oxygens (including phenoxy) is 1. The molecule has 1 amide bonds. The van der Waals surface area contributed by atoms with Crippen LogP contribution in [0, 0.1) is 0 Å². The first-order valence-electron chi connectivity index (χ1n) is 8.38. The highest BCUT2D eigenvalue weighted by molar-refractivity contribution is 9.10. The molecule has 150 valence electrons. The van der Waals surface area contributed by atoms with Crippen LogP contribution in [0.4, 0.5) is 11.6 Å². The van der Waals surface area contributed by atoms with Crippen molar-refractivity contribution in [2.45, 2.75) is 5.16 Å². The van der Waals surface area contributed by atoms with Crippen LogP contribution < -0.4 is 21.3 Å². The van der Waals surface area contributed by atoms with Gasteiger partial charge in [-0.05, 0) is 40.2 Å². The van der Waals surface area contributed by atoms with Crippen LogP contribution in [0.2, 0.25) is 0 Å². The van der Waals surface area contributed by atoms with Crippen LogP contribution in [0.25, 0.3) is 0 Å². The number of thioether (sulfide) groups is 1. The number of aromatic nitrogens is 3. The Balaban J connectivity index is 1.56. The largest absolute Gasteiger partial charge is 0.496 e. The molecule has 0 unspecified atom stereocenters. The Morgan fingerprint density at radius 3 is 2.83 bits per heavy atom. The number of anilines is 2. The minimum atomic E-state index is -0.186. The molecule has 4 N–H and O–H groups in total. The molecule has 0 atom stereocenters. The second-order valence-electron chi connectivity index (χ2n) is 5.60. The Hall–Kier alpha value is -3.05. The van der Waals surface area contributed by atoms with Crippen molar-refractivity contribution in [1.29, 1.82) is 0 Å². The van der Waals surface area contributed by atoms with E-state index in [1.807, 2.05) is 42.5 Å². The van der Waals surface area contributed by atoms with Gasteiger partial charge in [-0.3, -0.25) is 4.79 Å². The van der Waals surface area contributed by atoms with Crippen LogP contribution >= 0.6 is 27.7 Å². The van der Waals surface area contributed by atoms with Crippen molar-refractivity contribution < 1.29 is 9.53 Å². The molecule has 0 aliphatic rings. The second kappa shape index (κ2) is 9.94. The van der Waals surface area contributed by atoms with E-state index in [4.69, 9.17) is 10.6 Å². The zero-order valence-electron chi connectivity index (χ0n) is 15.4. The lowest BCUT2D eigenvalue weighted by molar-refractivity contribution is -0.113. The number of hydrazone groups is 1. The first kappa shape index (κ1) is 20.7. The van der Waals surface area contributed by atoms with E-state index >= 15 is 0 Å². The fourth-order valence-electron chi connectivity index (χ4n) is 2.26. The van der Waals surface area contributed by atoms with Gasteiger partial charge in [-0.2, -0.15) is 5.10 Å². The average Bonchev–Trinajstić information content (AvgIpc) is 3.08. The number of benzene rings is 2. The molecule has 2 aromatic carbocycles. The third kappa shape index (κ3) is 5.48. The van der Waals surface area contributed by atoms with E-state index < -0.39 is 0 Å². The van der Waals surface area contributed by atoms with Gasteiger partial charge in [0, 0.05) is 10.0 Å². The maximum atomic E-state index is 12.1. The van der Waals surface area contributed by atoms with E-state index in [1.165, 1.54) is 4.68 Å². The Bertz CT molecular complexity index is 1020. The zero-order chi connectivity index (χ0) is 20.6. The minimum Gasteiger partial charge on any atom is -0.496 e. The number of para-hydroxylation sites is 2. The lowest BCUT2D eigenvalue weighted by Gasteiger charge is -2.07. The molecule has 0 radical (unpaired) electrons. The van der Waals surface area contributed by atoms with Crippen molar-refractivity contribution in [3.8, 4) is 5.75 Å². The number of nitrogens with one attached hydrogen (secondary N) is 2. The van der Waals surface area contributed by atoms with Gasteiger partial charge in [0.25, 0.3) is 5.95 Å². The number of nitrogen functional groups attached to an aromatic ring is 1. The predicted molar refractivity (Wildman–Crippen MR) is 118 cm³/mol. The monoisotopic (exact) mass is 475 g/mol. The first-order valence-corrected chi connectivity index (χ1v) is 10.2. The topological polar surface area (TPSA) is 119 Å². The molecule has 0 spiro atoms. The van der Waals surface area contributed by atoms with Crippen molar-refractivity contribution in [3.63, 3.8) is 0 Å². The molecule has 0 aliphatic carbocycles. The fourth-order valence-corrected chi connectivity index (χ4v) is 3.30. The van der Waals surface area contributed by atoms with E-state index in [0.29, 0.717) is 16.6 Å². The fraction of sp³-hybridized carbons (Fsp3) is 0.111. The molecule has 0 saturated carbocycles. The highest BCUT2D eigenvalue weighted by Crippen LogP contribution is 2.22. The first-order chi connectivity index (χ1) is 14.1. The number of rotatable bonds is 8. The van der Waals surface area contributed by atoms with E-state index in [0.717, 1.165) is 21.8 Å². The van der Waals surface area contributed by atoms with Crippen molar-refractivity contribution in [1.82, 2.24) is 14.9 Å². The highest BCUT2D eigenvalue weighted by Gasteiger charge is 2.12. The number of carbonyl (C=O) groups excluding carboxylic acids is 1. The molecular formula is C18H18BrN7O2S. The Kier molecular flexibility index (Phi) is 7.09. The molecular weight excluding hydrogens is 458 g/mol. The number of nitrogens with zero attached hydrogens (tertiary/aromatic N) is 4. The van der Waals surface area contributed by atoms with Crippen molar-refractivity contribution in [3.05, 3.63) is 58.6 Å². The van der Waals surface area contributed by atoms with Gasteiger partial charge in [0.15, 0.2) is 0 Å². The Morgan fingerprint density at radius 2 is 2.03 bits per heavy atom. The maximum Gasteiger partial charge on any atom is 0.264 e. The number of methoxy groups -OCH3 is 1. The molecule has 29 heavy (non-hydrogen) atoms. The van der Waals surface area contributed by atoms with Crippen molar-refractivity contribution in [2.75, 3.05) is 29.4 Å². The third-order valence-corrected chi connectivity index (χ3v) is 5.29. The second-order valence-corrected chi connectivity index (χ2v) is 7.40. The summed E-state index contributed by atoms with van der Waals surface area (Å²) in [5.74, 6) is 6.85. The quantitative estimate of drug-likeness (QED) is 0.198. The summed E-state index contributed by atoms with van der Waals surface area (Å²) in [4.78, 5) is 12.1. The van der Waals surface area contributed by atoms with Crippen LogP contribution in [-0.4, -0.2) is 39.9 Å². The average molecular weight is 476 g/mol. The molecule has 1 aromatic heterocycles. The molecule has 3 rings (SSSR count). The molecule has 0 bridgehead atoms. The summed E-state index contributed by atoms with van der Waals surface area (Å²) < 4.78 is 7.30. The van der Waals surface area contributed by atoms with Crippen LogP contribution in [0.3, 0.4) is 0 Å². The third-order valence-electron chi connectivity index (χ3n) is 3.65. The lowest BCUT2D eigenvalue weighted by atomic mass is 10.2. The Morgan fingerprint density at radius 1 is 1.28 bits per heavy atom. The van der Waals surface area contributed by atoms with Crippen molar-refractivity contribution in [2.24, 2.45) is 5.10 Å². The van der Waals surface area contributed by atoms with Crippen molar-refractivity contribution >= 4 is 51.4 Å². The standard InChI is InChI=1S/C18H18BrN7O2S/c1-28-15-9-5-2-6-12(15)10-21-23-17-24-25-18(26(17)20)29-11-16(27)22-14-8-4-3-7-13(14)19/h2-10H,11,20H2,1H3,(H,22,27)(H,23,24)/b21-10+. The highest BCUT2D eigenvalue weighted by atomic mass is 79.9. The van der Waals surface area contributed by atoms with E-state index in [1.54, 1.807) is 19.4 Å². The Labute approximate surface area is 179 Å². The van der Waals surface area contributed by atoms with Crippen LogP contribution in [-0.2, 0) is 4.79 Å². The SMILES string of the molecule is COc1ccccc1/C=N/Nc1nnc(SCC(=O)Nc2ccccc2Br)n1N. The van der Waals surface area contributed by atoms with Gasteiger partial charge in [0.05, 0.1) is 24.8 Å². The van der Waals surface area contributed by atoms with Gasteiger partial charge >= 0.3 is 0 Å². The number of hydrogen-bond donors (Lipinski definition) is 3. The summed E-state index contributed by atoms with van der Waals surface area (Å²) in [5, 5.41) is 15.2. The van der Waals surface area contributed by atoms with Crippen LogP contribution in [0.5, 0.6) is 5.75 Å². The molecule has 11 heteroatoms. The van der Waals surface area contributed by atoms with Gasteiger partial charge in [-0.15, -0.1) is 10.2 Å². The number of nitrogens with two attached hydrogens (primary N) is 1. The lowest BCUT2D eigenvalue weighted by Crippen LogP contribution is -2.17. The van der Waals surface area contributed by atoms with Gasteiger partial charge in [-0.25, -0.2) is 10.1 Å². The molecule has 3 aromatic rings. The summed E-state index contributed by atoms with van der Waals surface area (Å²) in [6.07, 6.45) is 1.59.